The minimum absolute atomic E-state index is 0. The molecule has 9 heteroatoms. The first-order chi connectivity index (χ1) is 13.4. The molecule has 170 valence electrons. The highest BCUT2D eigenvalue weighted by Gasteiger charge is 2.34. The van der Waals surface area contributed by atoms with Gasteiger partial charge in [0, 0.05) is 58.5 Å². The molecule has 0 radical (unpaired) electrons. The number of rotatable bonds is 7. The first kappa shape index (κ1) is 26.4. The average molecular weight is 524 g/mol. The molecule has 0 aromatic carbocycles. The monoisotopic (exact) mass is 524 g/mol. The zero-order valence-electron chi connectivity index (χ0n) is 18.9. The topological polar surface area (TPSA) is 72.4 Å². The van der Waals surface area contributed by atoms with Crippen LogP contribution in [0, 0.1) is 0 Å². The Morgan fingerprint density at radius 2 is 1.79 bits per heavy atom. The molecule has 0 unspecified atom stereocenters. The maximum atomic E-state index is 11.9. The van der Waals surface area contributed by atoms with Gasteiger partial charge in [0.05, 0.1) is 13.1 Å². The molecule has 2 aliphatic heterocycles. The third kappa shape index (κ3) is 8.18. The standard InChI is InChI=1S/C20H40N6O2.HI/c1-6-21-19(22-16-20(25(4)5)9-13-28-14-10-20)23-17-7-11-26(12-8-17)15-18(27)24(2)3;/h17H,6-16H2,1-5H3,(H2,21,22,23);1H. The van der Waals surface area contributed by atoms with Gasteiger partial charge in [-0.3, -0.25) is 14.7 Å². The maximum Gasteiger partial charge on any atom is 0.236 e. The van der Waals surface area contributed by atoms with Crippen LogP contribution in [0.4, 0.5) is 0 Å². The highest BCUT2D eigenvalue weighted by Crippen LogP contribution is 2.26. The van der Waals surface area contributed by atoms with Crippen molar-refractivity contribution >= 4 is 35.8 Å². The van der Waals surface area contributed by atoms with Crippen molar-refractivity contribution in [1.82, 2.24) is 25.3 Å². The average Bonchev–Trinajstić information content (AvgIpc) is 2.68. The molecule has 0 spiro atoms. The molecule has 2 rings (SSSR count). The van der Waals surface area contributed by atoms with Gasteiger partial charge in [0.1, 0.15) is 0 Å². The van der Waals surface area contributed by atoms with E-state index < -0.39 is 0 Å². The van der Waals surface area contributed by atoms with Crippen molar-refractivity contribution in [3.8, 4) is 0 Å². The van der Waals surface area contributed by atoms with E-state index in [1.165, 1.54) is 0 Å². The van der Waals surface area contributed by atoms with Crippen molar-refractivity contribution in [3.63, 3.8) is 0 Å². The quantitative estimate of drug-likeness (QED) is 0.292. The summed E-state index contributed by atoms with van der Waals surface area (Å²) in [5, 5.41) is 7.02. The number of hydrogen-bond acceptors (Lipinski definition) is 5. The van der Waals surface area contributed by atoms with Gasteiger partial charge in [-0.1, -0.05) is 0 Å². The molecule has 2 aliphatic rings. The smallest absolute Gasteiger partial charge is 0.236 e. The second kappa shape index (κ2) is 12.9. The van der Waals surface area contributed by atoms with E-state index in [0.29, 0.717) is 12.6 Å². The number of likely N-dealkylation sites (tertiary alicyclic amines) is 1. The maximum absolute atomic E-state index is 11.9. The van der Waals surface area contributed by atoms with Crippen molar-refractivity contribution in [1.29, 1.82) is 0 Å². The van der Waals surface area contributed by atoms with Gasteiger partial charge in [-0.05, 0) is 46.7 Å². The fourth-order valence-electron chi connectivity index (χ4n) is 3.81. The molecule has 0 aromatic rings. The van der Waals surface area contributed by atoms with E-state index in [-0.39, 0.29) is 35.4 Å². The van der Waals surface area contributed by atoms with Crippen molar-refractivity contribution < 1.29 is 9.53 Å². The first-order valence-corrected chi connectivity index (χ1v) is 10.6. The predicted molar refractivity (Wildman–Crippen MR) is 129 cm³/mol. The Labute approximate surface area is 193 Å². The lowest BCUT2D eigenvalue weighted by Gasteiger charge is -2.42. The van der Waals surface area contributed by atoms with Gasteiger partial charge in [0.15, 0.2) is 5.96 Å². The second-order valence-corrected chi connectivity index (χ2v) is 8.41. The number of piperidine rings is 1. The summed E-state index contributed by atoms with van der Waals surface area (Å²) in [4.78, 5) is 23.1. The zero-order valence-corrected chi connectivity index (χ0v) is 21.2. The Hall–Kier alpha value is -0.650. The van der Waals surface area contributed by atoms with E-state index >= 15 is 0 Å². The fraction of sp³-hybridized carbons (Fsp3) is 0.900. The van der Waals surface area contributed by atoms with Crippen molar-refractivity contribution in [3.05, 3.63) is 0 Å². The number of carbonyl (C=O) groups is 1. The lowest BCUT2D eigenvalue weighted by Crippen LogP contribution is -2.53. The summed E-state index contributed by atoms with van der Waals surface area (Å²) in [6.45, 7) is 7.73. The Morgan fingerprint density at radius 3 is 2.31 bits per heavy atom. The summed E-state index contributed by atoms with van der Waals surface area (Å²) in [6.07, 6.45) is 4.08. The van der Waals surface area contributed by atoms with Crippen LogP contribution in [-0.4, -0.2) is 112 Å². The van der Waals surface area contributed by atoms with Crippen LogP contribution in [0.2, 0.25) is 0 Å². The van der Waals surface area contributed by atoms with Crippen molar-refractivity contribution in [2.24, 2.45) is 4.99 Å². The van der Waals surface area contributed by atoms with Crippen molar-refractivity contribution in [2.75, 3.05) is 74.1 Å². The van der Waals surface area contributed by atoms with Gasteiger partial charge in [0.2, 0.25) is 5.91 Å². The van der Waals surface area contributed by atoms with Gasteiger partial charge in [-0.2, -0.15) is 0 Å². The van der Waals surface area contributed by atoms with Crippen LogP contribution in [0.1, 0.15) is 32.6 Å². The summed E-state index contributed by atoms with van der Waals surface area (Å²) in [5.41, 5.74) is 0.0799. The molecule has 2 fully saturated rings. The van der Waals surface area contributed by atoms with Gasteiger partial charge >= 0.3 is 0 Å². The number of nitrogens with one attached hydrogen (secondary N) is 2. The molecule has 2 N–H and O–H groups in total. The molecule has 0 bridgehead atoms. The normalized spacial score (nSPS) is 20.8. The van der Waals surface area contributed by atoms with Crippen LogP contribution in [-0.2, 0) is 9.53 Å². The van der Waals surface area contributed by atoms with Crippen LogP contribution in [0.25, 0.3) is 0 Å². The molecular weight excluding hydrogens is 483 g/mol. The number of nitrogens with zero attached hydrogens (tertiary/aromatic N) is 4. The number of aliphatic imine (C=N–C) groups is 1. The van der Waals surface area contributed by atoms with Crippen molar-refractivity contribution in [2.45, 2.75) is 44.2 Å². The minimum Gasteiger partial charge on any atom is -0.381 e. The number of halogens is 1. The fourth-order valence-corrected chi connectivity index (χ4v) is 3.81. The Bertz CT molecular complexity index is 515. The molecule has 2 heterocycles. The lowest BCUT2D eigenvalue weighted by atomic mass is 9.89. The predicted octanol–water partition coefficient (Wildman–Crippen LogP) is 0.823. The molecule has 0 aliphatic carbocycles. The van der Waals surface area contributed by atoms with Gasteiger partial charge in [-0.15, -0.1) is 24.0 Å². The summed E-state index contributed by atoms with van der Waals surface area (Å²) in [6, 6.07) is 0.397. The highest BCUT2D eigenvalue weighted by molar-refractivity contribution is 14.0. The molecule has 0 saturated carbocycles. The largest absolute Gasteiger partial charge is 0.381 e. The number of guanidine groups is 1. The molecule has 1 amide bonds. The van der Waals surface area contributed by atoms with Crippen LogP contribution in [0.5, 0.6) is 0 Å². The van der Waals surface area contributed by atoms with E-state index in [9.17, 15) is 4.79 Å². The number of carbonyl (C=O) groups excluding carboxylic acids is 1. The SMILES string of the molecule is CCNC(=NCC1(N(C)C)CCOCC1)NC1CCN(CC(=O)N(C)C)CC1.I. The van der Waals surface area contributed by atoms with Gasteiger partial charge in [-0.25, -0.2) is 0 Å². The first-order valence-electron chi connectivity index (χ1n) is 10.6. The van der Waals surface area contributed by atoms with E-state index in [1.54, 1.807) is 4.90 Å². The Balaban J connectivity index is 0.00000420. The number of likely N-dealkylation sites (N-methyl/N-ethyl adjacent to an activating group) is 2. The van der Waals surface area contributed by atoms with E-state index in [4.69, 9.17) is 9.73 Å². The summed E-state index contributed by atoms with van der Waals surface area (Å²) in [5.74, 6) is 1.07. The molecule has 29 heavy (non-hydrogen) atoms. The van der Waals surface area contributed by atoms with Crippen LogP contribution in [0.3, 0.4) is 0 Å². The molecule has 0 atom stereocenters. The highest BCUT2D eigenvalue weighted by atomic mass is 127. The molecular formula is C20H41IN6O2. The minimum atomic E-state index is 0. The van der Waals surface area contributed by atoms with Crippen LogP contribution < -0.4 is 10.6 Å². The number of hydrogen-bond donors (Lipinski definition) is 2. The Kier molecular flexibility index (Phi) is 11.7. The third-order valence-corrected chi connectivity index (χ3v) is 6.03. The van der Waals surface area contributed by atoms with E-state index in [1.807, 2.05) is 14.1 Å². The molecule has 8 nitrogen and oxygen atoms in total. The summed E-state index contributed by atoms with van der Waals surface area (Å²) in [7, 11) is 7.92. The lowest BCUT2D eigenvalue weighted by molar-refractivity contribution is -0.130. The Morgan fingerprint density at radius 1 is 1.17 bits per heavy atom. The van der Waals surface area contributed by atoms with Crippen LogP contribution >= 0.6 is 24.0 Å². The molecule has 2 saturated heterocycles. The van der Waals surface area contributed by atoms with E-state index in [2.05, 4.69) is 41.5 Å². The van der Waals surface area contributed by atoms with Crippen LogP contribution in [0.15, 0.2) is 4.99 Å². The summed E-state index contributed by atoms with van der Waals surface area (Å²) < 4.78 is 5.56. The summed E-state index contributed by atoms with van der Waals surface area (Å²) >= 11 is 0. The second-order valence-electron chi connectivity index (χ2n) is 8.41. The van der Waals surface area contributed by atoms with E-state index in [0.717, 1.165) is 71.0 Å². The number of ether oxygens (including phenoxy) is 1. The zero-order chi connectivity index (χ0) is 20.6. The third-order valence-electron chi connectivity index (χ3n) is 6.03. The number of amides is 1. The molecule has 0 aromatic heterocycles. The van der Waals surface area contributed by atoms with Gasteiger partial charge < -0.3 is 25.2 Å². The van der Waals surface area contributed by atoms with Gasteiger partial charge in [0.25, 0.3) is 0 Å².